The fraction of sp³-hybridized carbons (Fsp3) is 0.545. The van der Waals surface area contributed by atoms with Gasteiger partial charge in [0.1, 0.15) is 11.9 Å². The van der Waals surface area contributed by atoms with Crippen LogP contribution in [0.5, 0.6) is 0 Å². The van der Waals surface area contributed by atoms with Crippen LogP contribution in [-0.2, 0) is 14.3 Å². The maximum absolute atomic E-state index is 11.4. The molecule has 0 unspecified atom stereocenters. The molecular weight excluding hydrogens is 224 g/mol. The highest BCUT2D eigenvalue weighted by molar-refractivity contribution is 5.91. The predicted molar refractivity (Wildman–Crippen MR) is 60.2 cm³/mol. The Kier molecular flexibility index (Phi) is 4.25. The van der Waals surface area contributed by atoms with Crippen molar-refractivity contribution in [3.8, 4) is 0 Å². The van der Waals surface area contributed by atoms with Crippen molar-refractivity contribution in [2.75, 3.05) is 5.32 Å². The van der Waals surface area contributed by atoms with Gasteiger partial charge in [0, 0.05) is 12.5 Å². The van der Waals surface area contributed by atoms with Crippen LogP contribution in [0.1, 0.15) is 33.6 Å². The van der Waals surface area contributed by atoms with Crippen LogP contribution in [0, 0.1) is 0 Å². The number of carbonyl (C=O) groups is 2. The topological polar surface area (TPSA) is 81.4 Å². The molecule has 1 aromatic rings. The lowest BCUT2D eigenvalue weighted by molar-refractivity contribution is -0.155. The highest BCUT2D eigenvalue weighted by Crippen LogP contribution is 2.09. The minimum Gasteiger partial charge on any atom is -0.460 e. The number of hydrogen-bond acceptors (Lipinski definition) is 5. The normalized spacial score (nSPS) is 11.0. The van der Waals surface area contributed by atoms with E-state index in [9.17, 15) is 9.59 Å². The van der Waals surface area contributed by atoms with Crippen molar-refractivity contribution in [3.05, 3.63) is 12.3 Å². The summed E-state index contributed by atoms with van der Waals surface area (Å²) in [6.45, 7) is 5.33. The summed E-state index contributed by atoms with van der Waals surface area (Å²) in [4.78, 5) is 22.7. The van der Waals surface area contributed by atoms with E-state index in [0.29, 0.717) is 5.82 Å². The molecule has 6 nitrogen and oxygen atoms in total. The summed E-state index contributed by atoms with van der Waals surface area (Å²) in [5.74, 6) is -0.364. The van der Waals surface area contributed by atoms with E-state index in [4.69, 9.17) is 4.74 Å². The van der Waals surface area contributed by atoms with Crippen molar-refractivity contribution in [1.82, 2.24) is 5.16 Å². The number of anilines is 1. The number of amides is 1. The van der Waals surface area contributed by atoms with E-state index in [2.05, 4.69) is 15.0 Å². The summed E-state index contributed by atoms with van der Waals surface area (Å²) in [6, 6.07) is 1.52. The zero-order valence-corrected chi connectivity index (χ0v) is 10.1. The molecule has 0 fully saturated rings. The van der Waals surface area contributed by atoms with Crippen LogP contribution in [0.15, 0.2) is 16.9 Å². The van der Waals surface area contributed by atoms with Gasteiger partial charge in [0.05, 0.1) is 6.42 Å². The third-order valence-electron chi connectivity index (χ3n) is 1.68. The van der Waals surface area contributed by atoms with E-state index < -0.39 is 11.6 Å². The molecule has 0 spiro atoms. The van der Waals surface area contributed by atoms with E-state index in [1.165, 1.54) is 12.3 Å². The Morgan fingerprint density at radius 3 is 2.65 bits per heavy atom. The van der Waals surface area contributed by atoms with E-state index >= 15 is 0 Å². The molecule has 0 radical (unpaired) electrons. The van der Waals surface area contributed by atoms with Gasteiger partial charge in [-0.2, -0.15) is 0 Å². The van der Waals surface area contributed by atoms with Crippen molar-refractivity contribution in [1.29, 1.82) is 0 Å². The van der Waals surface area contributed by atoms with Gasteiger partial charge in [-0.1, -0.05) is 5.16 Å². The van der Waals surface area contributed by atoms with Crippen LogP contribution in [0.2, 0.25) is 0 Å². The van der Waals surface area contributed by atoms with Crippen LogP contribution in [0.3, 0.4) is 0 Å². The van der Waals surface area contributed by atoms with Gasteiger partial charge in [-0.05, 0) is 20.8 Å². The SMILES string of the molecule is CC(C)(C)OC(=O)CCC(=O)Nc1ccon1. The Hall–Kier alpha value is -1.85. The Morgan fingerprint density at radius 2 is 2.12 bits per heavy atom. The van der Waals surface area contributed by atoms with Crippen molar-refractivity contribution < 1.29 is 18.8 Å². The first kappa shape index (κ1) is 13.2. The Bertz CT molecular complexity index is 379. The van der Waals surface area contributed by atoms with Gasteiger partial charge in [-0.3, -0.25) is 9.59 Å². The first-order valence-corrected chi connectivity index (χ1v) is 5.29. The van der Waals surface area contributed by atoms with Crippen LogP contribution in [0.4, 0.5) is 5.82 Å². The van der Waals surface area contributed by atoms with Crippen LogP contribution >= 0.6 is 0 Å². The third kappa shape index (κ3) is 5.70. The summed E-state index contributed by atoms with van der Waals surface area (Å²) in [5, 5.41) is 6.01. The molecule has 0 saturated carbocycles. The molecule has 94 valence electrons. The summed E-state index contributed by atoms with van der Waals surface area (Å²) in [5.41, 5.74) is -0.528. The number of nitrogens with one attached hydrogen (secondary N) is 1. The van der Waals surface area contributed by atoms with Crippen molar-refractivity contribution >= 4 is 17.7 Å². The smallest absolute Gasteiger partial charge is 0.306 e. The van der Waals surface area contributed by atoms with Crippen molar-refractivity contribution in [2.45, 2.75) is 39.2 Å². The zero-order chi connectivity index (χ0) is 12.9. The van der Waals surface area contributed by atoms with E-state index in [0.717, 1.165) is 0 Å². The molecule has 0 atom stereocenters. The molecule has 0 aliphatic heterocycles. The molecule has 0 aliphatic rings. The molecular formula is C11H16N2O4. The summed E-state index contributed by atoms with van der Waals surface area (Å²) >= 11 is 0. The van der Waals surface area contributed by atoms with Gasteiger partial charge in [-0.25, -0.2) is 0 Å². The standard InChI is InChI=1S/C11H16N2O4/c1-11(2,3)17-10(15)5-4-9(14)12-8-6-7-16-13-8/h6-7H,4-5H2,1-3H3,(H,12,13,14). The van der Waals surface area contributed by atoms with Crippen LogP contribution in [0.25, 0.3) is 0 Å². The molecule has 0 saturated heterocycles. The third-order valence-corrected chi connectivity index (χ3v) is 1.68. The largest absolute Gasteiger partial charge is 0.460 e. The van der Waals surface area contributed by atoms with Crippen molar-refractivity contribution in [2.24, 2.45) is 0 Å². The average molecular weight is 240 g/mol. The van der Waals surface area contributed by atoms with Crippen LogP contribution in [-0.4, -0.2) is 22.6 Å². The summed E-state index contributed by atoms with van der Waals surface area (Å²) in [6.07, 6.45) is 1.45. The lowest BCUT2D eigenvalue weighted by Crippen LogP contribution is -2.24. The number of ether oxygens (including phenoxy) is 1. The van der Waals surface area contributed by atoms with Gasteiger partial charge in [-0.15, -0.1) is 0 Å². The fourth-order valence-corrected chi connectivity index (χ4v) is 1.09. The first-order valence-electron chi connectivity index (χ1n) is 5.29. The van der Waals surface area contributed by atoms with Gasteiger partial charge in [0.2, 0.25) is 5.91 Å². The maximum Gasteiger partial charge on any atom is 0.306 e. The number of rotatable bonds is 4. The quantitative estimate of drug-likeness (QED) is 0.810. The molecule has 1 heterocycles. The van der Waals surface area contributed by atoms with Gasteiger partial charge >= 0.3 is 5.97 Å². The Morgan fingerprint density at radius 1 is 1.41 bits per heavy atom. The lowest BCUT2D eigenvalue weighted by Gasteiger charge is -2.19. The minimum absolute atomic E-state index is 0.0426. The zero-order valence-electron chi connectivity index (χ0n) is 10.1. The predicted octanol–water partition coefficient (Wildman–Crippen LogP) is 1.73. The van der Waals surface area contributed by atoms with Gasteiger partial charge < -0.3 is 14.6 Å². The number of nitrogens with zero attached hydrogens (tertiary/aromatic N) is 1. The number of esters is 1. The molecule has 1 amide bonds. The Labute approximate surface area is 99.3 Å². The van der Waals surface area contributed by atoms with Gasteiger partial charge in [0.15, 0.2) is 5.82 Å². The molecule has 1 rings (SSSR count). The number of aromatic nitrogens is 1. The van der Waals surface area contributed by atoms with E-state index in [1.807, 2.05) is 0 Å². The highest BCUT2D eigenvalue weighted by atomic mass is 16.6. The van der Waals surface area contributed by atoms with Gasteiger partial charge in [0.25, 0.3) is 0 Å². The molecule has 0 aliphatic carbocycles. The molecule has 0 aromatic carbocycles. The fourth-order valence-electron chi connectivity index (χ4n) is 1.09. The minimum atomic E-state index is -0.528. The molecule has 17 heavy (non-hydrogen) atoms. The molecule has 0 bridgehead atoms. The second kappa shape index (κ2) is 5.47. The second-order valence-electron chi connectivity index (χ2n) is 4.52. The number of hydrogen-bond donors (Lipinski definition) is 1. The van der Waals surface area contributed by atoms with E-state index in [-0.39, 0.29) is 18.7 Å². The summed E-state index contributed by atoms with van der Waals surface area (Å²) in [7, 11) is 0. The average Bonchev–Trinajstić information content (AvgIpc) is 2.64. The molecule has 1 N–H and O–H groups in total. The second-order valence-corrected chi connectivity index (χ2v) is 4.52. The summed E-state index contributed by atoms with van der Waals surface area (Å²) < 4.78 is 9.62. The lowest BCUT2D eigenvalue weighted by atomic mass is 10.2. The Balaban J connectivity index is 2.26. The van der Waals surface area contributed by atoms with Crippen LogP contribution < -0.4 is 5.32 Å². The van der Waals surface area contributed by atoms with Crippen molar-refractivity contribution in [3.63, 3.8) is 0 Å². The monoisotopic (exact) mass is 240 g/mol. The molecule has 1 aromatic heterocycles. The molecule has 6 heteroatoms. The first-order chi connectivity index (χ1) is 7.87. The number of carbonyl (C=O) groups excluding carboxylic acids is 2. The van der Waals surface area contributed by atoms with E-state index in [1.54, 1.807) is 20.8 Å². The highest BCUT2D eigenvalue weighted by Gasteiger charge is 2.17. The maximum atomic E-state index is 11.4.